The smallest absolute Gasteiger partial charge is 0.209 e. The molecule has 0 aromatic heterocycles. The zero-order valence-corrected chi connectivity index (χ0v) is 26.5. The third-order valence-electron chi connectivity index (χ3n) is 8.26. The fourth-order valence-corrected chi connectivity index (χ4v) is 6.99. The Morgan fingerprint density at radius 1 is 1.05 bits per heavy atom. The summed E-state index contributed by atoms with van der Waals surface area (Å²) in [6, 6.07) is 10.3. The third kappa shape index (κ3) is 6.74. The molecular weight excluding hydrogens is 592 g/mol. The molecular formula is C31H36N2O8S2-2. The Kier molecular flexibility index (Phi) is 9.89. The predicted molar refractivity (Wildman–Crippen MR) is 158 cm³/mol. The van der Waals surface area contributed by atoms with E-state index in [1.54, 1.807) is 6.07 Å². The van der Waals surface area contributed by atoms with Crippen molar-refractivity contribution in [2.24, 2.45) is 0 Å². The van der Waals surface area contributed by atoms with E-state index >= 15 is 0 Å². The van der Waals surface area contributed by atoms with Crippen LogP contribution < -0.4 is 15.3 Å². The van der Waals surface area contributed by atoms with Crippen molar-refractivity contribution in [3.8, 4) is 0 Å². The third-order valence-corrected chi connectivity index (χ3v) is 9.66. The summed E-state index contributed by atoms with van der Waals surface area (Å²) in [5, 5.41) is 24.7. The molecule has 2 aliphatic heterocycles. The van der Waals surface area contributed by atoms with Crippen molar-refractivity contribution in [2.45, 2.75) is 80.9 Å². The number of carbonyl (C=O) groups is 1. The van der Waals surface area contributed by atoms with Gasteiger partial charge >= 0.3 is 0 Å². The van der Waals surface area contributed by atoms with E-state index in [0.717, 1.165) is 58.8 Å². The lowest BCUT2D eigenvalue weighted by Crippen LogP contribution is -2.28. The highest BCUT2D eigenvalue weighted by atomic mass is 32.2. The monoisotopic (exact) mass is 628 g/mol. The first-order valence-corrected chi connectivity index (χ1v) is 16.3. The van der Waals surface area contributed by atoms with Crippen LogP contribution in [0.2, 0.25) is 0 Å². The maximum atomic E-state index is 11.7. The van der Waals surface area contributed by atoms with Crippen molar-refractivity contribution in [3.05, 3.63) is 71.5 Å². The number of unbranched alkanes of at least 4 members (excludes halogenated alkanes) is 2. The molecule has 2 aromatic carbocycles. The minimum absolute atomic E-state index is 0.0306. The summed E-state index contributed by atoms with van der Waals surface area (Å²) in [6.45, 7) is 11.6. The number of carboxylic acid groups (broad SMARTS) is 1. The van der Waals surface area contributed by atoms with E-state index in [4.69, 9.17) is 0 Å². The number of hydrogen-bond donors (Lipinski definition) is 0. The molecule has 0 atom stereocenters. The number of anilines is 1. The Balaban J connectivity index is 1.71. The van der Waals surface area contributed by atoms with Crippen LogP contribution in [0.15, 0.2) is 70.1 Å². The molecule has 0 fully saturated rings. The molecule has 0 radical (unpaired) electrons. The summed E-state index contributed by atoms with van der Waals surface area (Å²) in [7, 11) is -4.59. The summed E-state index contributed by atoms with van der Waals surface area (Å²) in [5.41, 5.74) is 4.75. The largest absolute Gasteiger partial charge is 0.744 e. The molecule has 0 spiro atoms. The maximum absolute atomic E-state index is 11.7. The zero-order valence-electron chi connectivity index (χ0n) is 24.9. The van der Waals surface area contributed by atoms with E-state index in [2.05, 4.69) is 38.8 Å². The van der Waals surface area contributed by atoms with E-state index in [1.807, 2.05) is 51.1 Å². The molecule has 0 unspecified atom stereocenters. The average molecular weight is 629 g/mol. The predicted octanol–water partition coefficient (Wildman–Crippen LogP) is 3.77. The molecule has 2 aliphatic rings. The molecule has 0 N–H and O–H groups in total. The maximum Gasteiger partial charge on any atom is 0.209 e. The van der Waals surface area contributed by atoms with Gasteiger partial charge in [0, 0.05) is 58.3 Å². The number of rotatable bonds is 13. The quantitative estimate of drug-likeness (QED) is 0.0803. The van der Waals surface area contributed by atoms with Crippen LogP contribution in [0.3, 0.4) is 0 Å². The molecule has 10 nitrogen and oxygen atoms in total. The Morgan fingerprint density at radius 3 is 2.44 bits per heavy atom. The number of likely N-dealkylation sites (N-methyl/N-ethyl adjacent to an activating group) is 1. The van der Waals surface area contributed by atoms with Crippen molar-refractivity contribution in [3.63, 3.8) is 0 Å². The Bertz CT molecular complexity index is 1590. The van der Waals surface area contributed by atoms with E-state index in [-0.39, 0.29) is 11.3 Å². The van der Waals surface area contributed by atoms with E-state index < -0.39 is 26.9 Å². The SMILES string of the molecule is CCN1/C(=C\C=C\C2=[N+](CCCCCC(=O)[O-])c3ccc(SOO[O-])cc3C2(C)C)C(C)(C)c2cc(S(=O)(=O)[O-])ccc21. The molecule has 0 saturated heterocycles. The Morgan fingerprint density at radius 2 is 1.79 bits per heavy atom. The van der Waals surface area contributed by atoms with Gasteiger partial charge in [-0.05, 0) is 82.0 Å². The van der Waals surface area contributed by atoms with Gasteiger partial charge in [0.05, 0.1) is 22.4 Å². The van der Waals surface area contributed by atoms with Gasteiger partial charge in [-0.2, -0.15) is 8.91 Å². The van der Waals surface area contributed by atoms with Crippen LogP contribution in [0.25, 0.3) is 0 Å². The number of nitrogens with zero attached hydrogens (tertiary/aromatic N) is 2. The normalized spacial score (nSPS) is 18.1. The molecule has 4 rings (SSSR count). The van der Waals surface area contributed by atoms with Gasteiger partial charge in [0.1, 0.15) is 16.7 Å². The second kappa shape index (κ2) is 12.9. The number of hydrogen-bond acceptors (Lipinski definition) is 10. The van der Waals surface area contributed by atoms with Crippen LogP contribution >= 0.6 is 12.0 Å². The summed E-state index contributed by atoms with van der Waals surface area (Å²) >= 11 is 0.836. The van der Waals surface area contributed by atoms with E-state index in [9.17, 15) is 28.1 Å². The second-order valence-corrected chi connectivity index (χ2v) is 13.8. The van der Waals surface area contributed by atoms with Crippen molar-refractivity contribution in [1.82, 2.24) is 0 Å². The molecule has 43 heavy (non-hydrogen) atoms. The van der Waals surface area contributed by atoms with Crippen LogP contribution in [0, 0.1) is 0 Å². The number of carboxylic acids is 1. The van der Waals surface area contributed by atoms with Gasteiger partial charge in [0.25, 0.3) is 0 Å². The lowest BCUT2D eigenvalue weighted by Gasteiger charge is -2.25. The first kappa shape index (κ1) is 32.9. The lowest BCUT2D eigenvalue weighted by molar-refractivity contribution is -0.777. The minimum atomic E-state index is -4.59. The number of aliphatic carboxylic acids is 1. The number of benzene rings is 2. The Labute approximate surface area is 257 Å². The topological polar surface area (TPSA) is 145 Å². The minimum Gasteiger partial charge on any atom is -0.744 e. The van der Waals surface area contributed by atoms with Gasteiger partial charge in [-0.15, -0.1) is 0 Å². The molecule has 0 amide bonds. The number of fused-ring (bicyclic) bond motifs is 2. The van der Waals surface area contributed by atoms with Crippen molar-refractivity contribution in [2.75, 3.05) is 18.0 Å². The standard InChI is InChI=1S/C31H38N2O8S2/c1-6-32-25-17-15-22(43(37,38)39)20-24(25)31(4,5)27(32)11-10-12-28-30(2,3)23-19-21(42-41-40-36)14-16-26(23)33(28)18-9-7-8-13-29(34)35/h10-12,14-17,19-20H,6-9,13,18H2,1-5H3,(H2-,34,35,36,37,38,39)/p-2. The highest BCUT2D eigenvalue weighted by Gasteiger charge is 2.44. The van der Waals surface area contributed by atoms with Crippen molar-refractivity contribution in [1.29, 1.82) is 0 Å². The highest BCUT2D eigenvalue weighted by Crippen LogP contribution is 2.48. The molecule has 0 aliphatic carbocycles. The van der Waals surface area contributed by atoms with Crippen LogP contribution in [0.4, 0.5) is 11.4 Å². The van der Waals surface area contributed by atoms with Crippen molar-refractivity contribution < 1.29 is 42.1 Å². The van der Waals surface area contributed by atoms with Crippen molar-refractivity contribution >= 4 is 45.2 Å². The highest BCUT2D eigenvalue weighted by molar-refractivity contribution is 7.94. The van der Waals surface area contributed by atoms with Gasteiger partial charge in [0.15, 0.2) is 5.71 Å². The molecule has 0 saturated carbocycles. The first-order valence-electron chi connectivity index (χ1n) is 14.1. The zero-order chi connectivity index (χ0) is 31.6. The summed E-state index contributed by atoms with van der Waals surface area (Å²) in [6.07, 6.45) is 8.18. The van der Waals surface area contributed by atoms with E-state index in [1.165, 1.54) is 12.1 Å². The molecule has 2 aromatic rings. The fourth-order valence-electron chi connectivity index (χ4n) is 6.10. The number of allylic oxidation sites excluding steroid dienone is 4. The lowest BCUT2D eigenvalue weighted by atomic mass is 9.81. The van der Waals surface area contributed by atoms with Gasteiger partial charge < -0.3 is 24.6 Å². The fraction of sp³-hybridized carbons (Fsp3) is 0.419. The molecule has 2 heterocycles. The summed E-state index contributed by atoms with van der Waals surface area (Å²) < 4.78 is 42.0. The van der Waals surface area contributed by atoms with Gasteiger partial charge in [-0.3, -0.25) is 5.04 Å². The molecule has 12 heteroatoms. The van der Waals surface area contributed by atoms with Crippen LogP contribution in [-0.4, -0.2) is 42.3 Å². The van der Waals surface area contributed by atoms with Gasteiger partial charge in [0.2, 0.25) is 5.69 Å². The number of carbonyl (C=O) groups excluding carboxylic acids is 1. The summed E-state index contributed by atoms with van der Waals surface area (Å²) in [5.74, 6) is -1.05. The van der Waals surface area contributed by atoms with E-state index in [0.29, 0.717) is 24.4 Å². The van der Waals surface area contributed by atoms with Gasteiger partial charge in [-0.25, -0.2) is 8.42 Å². The second-order valence-electron chi connectivity index (χ2n) is 11.7. The molecule has 232 valence electrons. The first-order chi connectivity index (χ1) is 20.2. The van der Waals surface area contributed by atoms with Crippen LogP contribution in [-0.2, 0) is 35.1 Å². The Hall–Kier alpha value is -3.00. The van der Waals surface area contributed by atoms with Gasteiger partial charge in [-0.1, -0.05) is 19.9 Å². The summed E-state index contributed by atoms with van der Waals surface area (Å²) in [4.78, 5) is 13.4. The molecule has 0 bridgehead atoms. The van der Waals surface area contributed by atoms with Crippen LogP contribution in [0.1, 0.15) is 71.4 Å². The van der Waals surface area contributed by atoms with Crippen LogP contribution in [0.5, 0.6) is 0 Å². The average Bonchev–Trinajstić information content (AvgIpc) is 3.29.